The van der Waals surface area contributed by atoms with Crippen LogP contribution in [0.2, 0.25) is 0 Å². The minimum atomic E-state index is 1.11. The molecule has 0 saturated heterocycles. The molecule has 0 saturated carbocycles. The highest BCUT2D eigenvalue weighted by atomic mass is 14.0. The maximum atomic E-state index is 3.91. The van der Waals surface area contributed by atoms with Crippen molar-refractivity contribution in [1.82, 2.24) is 0 Å². The van der Waals surface area contributed by atoms with Gasteiger partial charge in [-0.2, -0.15) is 0 Å². The summed E-state index contributed by atoms with van der Waals surface area (Å²) in [6.07, 6.45) is 33.9. The Bertz CT molecular complexity index is 332. The first-order valence-electron chi connectivity index (χ1n) is 13.5. The van der Waals surface area contributed by atoms with E-state index in [4.69, 9.17) is 0 Å². The molecule has 0 heteroatoms. The molecule has 0 nitrogen and oxygen atoms in total. The molecule has 170 valence electrons. The van der Waals surface area contributed by atoms with Gasteiger partial charge in [-0.25, -0.2) is 0 Å². The van der Waals surface area contributed by atoms with Crippen LogP contribution in [0.15, 0.2) is 0 Å². The first kappa shape index (κ1) is 28.6. The van der Waals surface area contributed by atoms with Crippen LogP contribution in [0.5, 0.6) is 0 Å². The Balaban J connectivity index is 3.08. The zero-order valence-corrected chi connectivity index (χ0v) is 20.1. The summed E-state index contributed by atoms with van der Waals surface area (Å²) < 4.78 is 0. The highest BCUT2D eigenvalue weighted by Gasteiger charge is 1.94. The van der Waals surface area contributed by atoms with E-state index in [0.717, 1.165) is 25.7 Å². The van der Waals surface area contributed by atoms with Gasteiger partial charge in [0.1, 0.15) is 0 Å². The Hall–Kier alpha value is -0.440. The largest absolute Gasteiger partial charge is 0.103 e. The molecule has 0 bridgehead atoms. The molecule has 0 aromatic heterocycles. The van der Waals surface area contributed by atoms with E-state index in [9.17, 15) is 0 Å². The Morgan fingerprint density at radius 3 is 0.724 bits per heavy atom. The van der Waals surface area contributed by atoms with E-state index in [0.29, 0.717) is 0 Å². The van der Waals surface area contributed by atoms with Gasteiger partial charge in [0, 0.05) is 12.8 Å². The second-order valence-electron chi connectivity index (χ2n) is 8.99. The maximum Gasteiger partial charge on any atom is 0.00886 e. The fourth-order valence-electron chi connectivity index (χ4n) is 3.96. The fourth-order valence-corrected chi connectivity index (χ4v) is 3.96. The molecule has 0 spiro atoms. The summed E-state index contributed by atoms with van der Waals surface area (Å²) in [6, 6.07) is 0. The molecule has 0 aromatic rings. The molecule has 0 fully saturated rings. The highest BCUT2D eigenvalue weighted by Crippen LogP contribution is 2.13. The summed E-state index contributed by atoms with van der Waals surface area (Å²) in [4.78, 5) is 0. The Labute approximate surface area is 186 Å². The van der Waals surface area contributed by atoms with Crippen LogP contribution in [0.25, 0.3) is 0 Å². The fraction of sp³-hybridized carbons (Fsp3) is 0.862. The quantitative estimate of drug-likeness (QED) is 0.118. The van der Waals surface area contributed by atoms with Gasteiger partial charge in [0.05, 0.1) is 0 Å². The molecule has 0 amide bonds. The molecule has 0 unspecified atom stereocenters. The smallest absolute Gasteiger partial charge is 0.00886 e. The Morgan fingerprint density at radius 2 is 0.483 bits per heavy atom. The van der Waals surface area contributed by atoms with E-state index < -0.39 is 0 Å². The van der Waals surface area contributed by atoms with Gasteiger partial charge in [0.25, 0.3) is 0 Å². The lowest BCUT2D eigenvalue weighted by Crippen LogP contribution is -1.83. The molecule has 29 heavy (non-hydrogen) atoms. The summed E-state index contributed by atoms with van der Waals surface area (Å²) in [5.41, 5.74) is 0. The van der Waals surface area contributed by atoms with Crippen molar-refractivity contribution in [3.05, 3.63) is 13.8 Å². The average molecular weight is 403 g/mol. The molecule has 0 aliphatic rings. The highest BCUT2D eigenvalue weighted by molar-refractivity contribution is 4.98. The maximum absolute atomic E-state index is 3.91. The van der Waals surface area contributed by atoms with Crippen molar-refractivity contribution in [3.63, 3.8) is 0 Å². The van der Waals surface area contributed by atoms with Gasteiger partial charge in [-0.15, -0.1) is 11.8 Å². The molecule has 0 atom stereocenters. The van der Waals surface area contributed by atoms with E-state index in [1.807, 2.05) is 0 Å². The van der Waals surface area contributed by atoms with Crippen LogP contribution in [0.1, 0.15) is 161 Å². The summed E-state index contributed by atoms with van der Waals surface area (Å²) in [5.74, 6) is 6.79. The molecule has 0 aliphatic carbocycles. The van der Waals surface area contributed by atoms with Gasteiger partial charge in [-0.3, -0.25) is 0 Å². The third-order valence-electron chi connectivity index (χ3n) is 5.98. The lowest BCUT2D eigenvalue weighted by molar-refractivity contribution is 0.538. The predicted molar refractivity (Wildman–Crippen MR) is 134 cm³/mol. The topological polar surface area (TPSA) is 0 Å². The van der Waals surface area contributed by atoms with Crippen LogP contribution in [0.3, 0.4) is 0 Å². The van der Waals surface area contributed by atoms with E-state index in [-0.39, 0.29) is 0 Å². The minimum absolute atomic E-state index is 1.11. The standard InChI is InChI=1S/C29H54/c1-3-5-7-9-11-13-15-17-19-21-23-25-27-29-28-26-24-22-20-18-16-14-12-10-8-6-4-2/h1-23,25,27-29H2. The van der Waals surface area contributed by atoms with Crippen LogP contribution in [0.4, 0.5) is 0 Å². The first-order valence-corrected chi connectivity index (χ1v) is 13.5. The van der Waals surface area contributed by atoms with Crippen LogP contribution in [0, 0.1) is 25.7 Å². The van der Waals surface area contributed by atoms with Crippen LogP contribution < -0.4 is 0 Å². The van der Waals surface area contributed by atoms with Crippen molar-refractivity contribution in [1.29, 1.82) is 0 Å². The van der Waals surface area contributed by atoms with Crippen molar-refractivity contribution in [2.24, 2.45) is 0 Å². The van der Waals surface area contributed by atoms with Gasteiger partial charge < -0.3 is 0 Å². The molecular formula is C29H54. The monoisotopic (exact) mass is 402 g/mol. The van der Waals surface area contributed by atoms with Crippen molar-refractivity contribution in [2.45, 2.75) is 161 Å². The minimum Gasteiger partial charge on any atom is -0.103 e. The zero-order valence-electron chi connectivity index (χ0n) is 20.1. The van der Waals surface area contributed by atoms with Crippen molar-refractivity contribution in [2.75, 3.05) is 0 Å². The van der Waals surface area contributed by atoms with E-state index in [1.54, 1.807) is 0 Å². The van der Waals surface area contributed by atoms with Crippen molar-refractivity contribution in [3.8, 4) is 11.8 Å². The molecule has 0 aromatic carbocycles. The first-order chi connectivity index (χ1) is 14.4. The van der Waals surface area contributed by atoms with Crippen LogP contribution in [-0.4, -0.2) is 0 Å². The molecule has 0 N–H and O–H groups in total. The second-order valence-corrected chi connectivity index (χ2v) is 8.99. The van der Waals surface area contributed by atoms with Crippen LogP contribution in [-0.2, 0) is 0 Å². The van der Waals surface area contributed by atoms with Gasteiger partial charge >= 0.3 is 0 Å². The molecular weight excluding hydrogens is 348 g/mol. The predicted octanol–water partition coefficient (Wildman–Crippen LogP) is 10.4. The van der Waals surface area contributed by atoms with E-state index in [2.05, 4.69) is 25.7 Å². The zero-order chi connectivity index (χ0) is 21.1. The lowest BCUT2D eigenvalue weighted by Gasteiger charge is -2.02. The van der Waals surface area contributed by atoms with Gasteiger partial charge in [-0.05, 0) is 12.8 Å². The number of hydrogen-bond acceptors (Lipinski definition) is 0. The third-order valence-corrected chi connectivity index (χ3v) is 5.98. The van der Waals surface area contributed by atoms with E-state index >= 15 is 0 Å². The molecule has 0 aliphatic heterocycles. The lowest BCUT2D eigenvalue weighted by atomic mass is 10.0. The Kier molecular flexibility index (Phi) is 27.1. The number of unbranched alkanes of at least 4 members (excludes halogenated alkanes) is 23. The molecule has 0 rings (SSSR count). The van der Waals surface area contributed by atoms with Crippen LogP contribution >= 0.6 is 0 Å². The SMILES string of the molecule is [CH2]CCCCCCCCCCC#CCCCCCCCCCCCCCCC[CH2]. The average Bonchev–Trinajstić information content (AvgIpc) is 2.74. The Morgan fingerprint density at radius 1 is 0.276 bits per heavy atom. The normalized spacial score (nSPS) is 10.8. The van der Waals surface area contributed by atoms with Crippen molar-refractivity contribution < 1.29 is 0 Å². The van der Waals surface area contributed by atoms with Gasteiger partial charge in [-0.1, -0.05) is 149 Å². The molecule has 2 radical (unpaired) electrons. The van der Waals surface area contributed by atoms with Gasteiger partial charge in [0.15, 0.2) is 0 Å². The third kappa shape index (κ3) is 27.6. The summed E-state index contributed by atoms with van der Waals surface area (Å²) in [7, 11) is 0. The van der Waals surface area contributed by atoms with Gasteiger partial charge in [0.2, 0.25) is 0 Å². The van der Waals surface area contributed by atoms with E-state index in [1.165, 1.54) is 135 Å². The summed E-state index contributed by atoms with van der Waals surface area (Å²) >= 11 is 0. The van der Waals surface area contributed by atoms with Crippen molar-refractivity contribution >= 4 is 0 Å². The summed E-state index contributed by atoms with van der Waals surface area (Å²) in [6.45, 7) is 7.81. The molecule has 0 heterocycles. The second kappa shape index (κ2) is 27.6. The number of rotatable bonds is 23. The summed E-state index contributed by atoms with van der Waals surface area (Å²) in [5, 5.41) is 0. The number of hydrogen-bond donors (Lipinski definition) is 0.